The van der Waals surface area contributed by atoms with Crippen LogP contribution in [0.5, 0.6) is 0 Å². The molecule has 0 bridgehead atoms. The van der Waals surface area contributed by atoms with E-state index in [0.29, 0.717) is 25.7 Å². The second kappa shape index (κ2) is 15.5. The number of carbonyl (C=O) groups excluding carboxylic acids is 3. The number of rotatable bonds is 10. The lowest BCUT2D eigenvalue weighted by Crippen LogP contribution is -2.50. The number of benzene rings is 2. The third kappa shape index (κ3) is 9.15. The summed E-state index contributed by atoms with van der Waals surface area (Å²) < 4.78 is 61.9. The molecule has 2 aromatic carbocycles. The molecular formula is C36H44F4N6O4S. The highest BCUT2D eigenvalue weighted by atomic mass is 32.1. The lowest BCUT2D eigenvalue weighted by atomic mass is 10.0. The Kier molecular flexibility index (Phi) is 12.0. The Hall–Kier alpha value is -4.29. The van der Waals surface area contributed by atoms with Crippen molar-refractivity contribution in [2.75, 3.05) is 56.1 Å². The molecule has 0 spiro atoms. The Balaban J connectivity index is 1.30. The molecule has 0 N–H and O–H groups in total. The lowest BCUT2D eigenvalue weighted by Gasteiger charge is -2.35. The maximum Gasteiger partial charge on any atom is 0.417 e. The fourth-order valence-corrected chi connectivity index (χ4v) is 6.62. The first-order valence-corrected chi connectivity index (χ1v) is 17.2. The first-order valence-electron chi connectivity index (χ1n) is 16.8. The molecule has 2 aliphatic heterocycles. The molecule has 2 aromatic rings. The molecule has 4 rings (SSSR count). The number of thiocarbonyl (C=S) groups is 1. The summed E-state index contributed by atoms with van der Waals surface area (Å²) in [6, 6.07) is 8.21. The number of alkyl halides is 3. The lowest BCUT2D eigenvalue weighted by molar-refractivity contribution is -0.137. The summed E-state index contributed by atoms with van der Waals surface area (Å²) in [5.41, 5.74) is -3.94. The normalized spacial score (nSPS) is 16.8. The maximum atomic E-state index is 15.5. The summed E-state index contributed by atoms with van der Waals surface area (Å²) in [5, 5.41) is 8.97. The second-order valence-corrected chi connectivity index (χ2v) is 14.6. The Morgan fingerprint density at radius 3 is 2.20 bits per heavy atom. The Labute approximate surface area is 301 Å². The molecule has 0 atom stereocenters. The van der Waals surface area contributed by atoms with Gasteiger partial charge in [0.1, 0.15) is 17.0 Å². The van der Waals surface area contributed by atoms with Crippen molar-refractivity contribution >= 4 is 46.6 Å². The van der Waals surface area contributed by atoms with E-state index in [1.54, 1.807) is 11.9 Å². The summed E-state index contributed by atoms with van der Waals surface area (Å²) in [4.78, 5) is 46.7. The number of unbranched alkanes of at least 4 members (excludes halogenated alkanes) is 3. The highest BCUT2D eigenvalue weighted by Gasteiger charge is 2.51. The average Bonchev–Trinajstić information content (AvgIpc) is 3.23. The molecule has 2 fully saturated rings. The largest absolute Gasteiger partial charge is 0.444 e. The Morgan fingerprint density at radius 2 is 1.61 bits per heavy atom. The predicted molar refractivity (Wildman–Crippen MR) is 189 cm³/mol. The Morgan fingerprint density at radius 1 is 0.980 bits per heavy atom. The molecule has 2 aliphatic rings. The summed E-state index contributed by atoms with van der Waals surface area (Å²) in [7, 11) is 1.60. The van der Waals surface area contributed by atoms with E-state index >= 15 is 4.39 Å². The van der Waals surface area contributed by atoms with E-state index in [4.69, 9.17) is 22.2 Å². The molecule has 0 unspecified atom stereocenters. The third-order valence-electron chi connectivity index (χ3n) is 8.89. The molecule has 3 amide bonds. The fraction of sp³-hybridized carbons (Fsp3) is 0.528. The highest BCUT2D eigenvalue weighted by Crippen LogP contribution is 2.40. The molecule has 15 heteroatoms. The molecule has 276 valence electrons. The van der Waals surface area contributed by atoms with E-state index < -0.39 is 46.1 Å². The summed E-state index contributed by atoms with van der Waals surface area (Å²) in [6.45, 7) is 12.7. The number of halogens is 4. The second-order valence-electron chi connectivity index (χ2n) is 14.3. The van der Waals surface area contributed by atoms with Crippen LogP contribution in [0.1, 0.15) is 81.8 Å². The van der Waals surface area contributed by atoms with Gasteiger partial charge in [-0.1, -0.05) is 12.8 Å². The van der Waals surface area contributed by atoms with Gasteiger partial charge in [-0.05, 0) is 103 Å². The van der Waals surface area contributed by atoms with E-state index in [1.165, 1.54) is 47.9 Å². The quantitative estimate of drug-likeness (QED) is 0.149. The minimum atomic E-state index is -4.84. The zero-order valence-electron chi connectivity index (χ0n) is 29.8. The van der Waals surface area contributed by atoms with Gasteiger partial charge in [0.15, 0.2) is 5.11 Å². The van der Waals surface area contributed by atoms with Gasteiger partial charge in [-0.3, -0.25) is 19.4 Å². The van der Waals surface area contributed by atoms with E-state index in [9.17, 15) is 27.6 Å². The van der Waals surface area contributed by atoms with Gasteiger partial charge in [0, 0.05) is 45.5 Å². The predicted octanol–water partition coefficient (Wildman–Crippen LogP) is 6.82. The van der Waals surface area contributed by atoms with Gasteiger partial charge >= 0.3 is 12.3 Å². The number of anilines is 2. The molecule has 2 saturated heterocycles. The SMILES string of the molecule is CN(CCCCCCN1CCN(C(=O)OC(C)(C)C)CC1)C(=O)c1ccc(N2C(=S)N(c3ccc(C#N)c(C(F)(F)F)c3)C(=O)C2(C)C)cc1F. The zero-order valence-corrected chi connectivity index (χ0v) is 30.6. The maximum absolute atomic E-state index is 15.5. The van der Waals surface area contributed by atoms with Crippen molar-refractivity contribution in [2.24, 2.45) is 0 Å². The van der Waals surface area contributed by atoms with Crippen LogP contribution >= 0.6 is 12.2 Å². The number of piperazine rings is 1. The first-order chi connectivity index (χ1) is 23.8. The number of nitrogens with zero attached hydrogens (tertiary/aromatic N) is 6. The summed E-state index contributed by atoms with van der Waals surface area (Å²) in [5.74, 6) is -2.00. The van der Waals surface area contributed by atoms with Crippen LogP contribution < -0.4 is 9.80 Å². The fourth-order valence-electron chi connectivity index (χ4n) is 6.10. The molecule has 0 saturated carbocycles. The van der Waals surface area contributed by atoms with Crippen LogP contribution in [0.25, 0.3) is 0 Å². The van der Waals surface area contributed by atoms with Crippen LogP contribution in [-0.4, -0.2) is 95.2 Å². The van der Waals surface area contributed by atoms with Crippen molar-refractivity contribution in [3.8, 4) is 6.07 Å². The van der Waals surface area contributed by atoms with Crippen molar-refractivity contribution in [3.63, 3.8) is 0 Å². The number of hydrogen-bond donors (Lipinski definition) is 0. The van der Waals surface area contributed by atoms with Crippen LogP contribution in [0.15, 0.2) is 36.4 Å². The third-order valence-corrected chi connectivity index (χ3v) is 9.25. The number of ether oxygens (including phenoxy) is 1. The zero-order chi connectivity index (χ0) is 37.9. The molecule has 51 heavy (non-hydrogen) atoms. The number of hydrogen-bond acceptors (Lipinski definition) is 7. The van der Waals surface area contributed by atoms with Crippen molar-refractivity contribution in [1.29, 1.82) is 5.26 Å². The molecule has 0 radical (unpaired) electrons. The average molecular weight is 733 g/mol. The van der Waals surface area contributed by atoms with Crippen LogP contribution in [0.2, 0.25) is 0 Å². The van der Waals surface area contributed by atoms with Gasteiger partial charge in [0.05, 0.1) is 28.4 Å². The molecule has 10 nitrogen and oxygen atoms in total. The first kappa shape index (κ1) is 39.5. The van der Waals surface area contributed by atoms with E-state index in [0.717, 1.165) is 62.4 Å². The van der Waals surface area contributed by atoms with Crippen LogP contribution in [-0.2, 0) is 15.7 Å². The minimum Gasteiger partial charge on any atom is -0.444 e. The molecule has 2 heterocycles. The van der Waals surface area contributed by atoms with E-state index in [-0.39, 0.29) is 28.1 Å². The van der Waals surface area contributed by atoms with Crippen LogP contribution in [0, 0.1) is 17.1 Å². The van der Waals surface area contributed by atoms with Gasteiger partial charge in [-0.25, -0.2) is 9.18 Å². The standard InChI is InChI=1S/C36H44F4N6O4S/c1-34(2,3)50-33(49)44-19-17-43(18-20-44)16-10-8-7-9-15-42(6)30(47)27-14-13-26(22-29(27)37)46-32(51)45(31(48)35(46,4)5)25-12-11-24(23-41)28(21-25)36(38,39)40/h11-14,21-22H,7-10,15-20H2,1-6H3. The number of amides is 3. The van der Waals surface area contributed by atoms with Crippen LogP contribution in [0.3, 0.4) is 0 Å². The Bertz CT molecular complexity index is 1700. The number of nitriles is 1. The van der Waals surface area contributed by atoms with Crippen molar-refractivity contribution < 1.29 is 36.7 Å². The smallest absolute Gasteiger partial charge is 0.417 e. The van der Waals surface area contributed by atoms with Crippen LogP contribution in [0.4, 0.5) is 33.7 Å². The molecular weight excluding hydrogens is 688 g/mol. The topological polar surface area (TPSA) is 100 Å². The van der Waals surface area contributed by atoms with Gasteiger partial charge in [-0.2, -0.15) is 18.4 Å². The molecule has 0 aromatic heterocycles. The van der Waals surface area contributed by atoms with Gasteiger partial charge < -0.3 is 19.4 Å². The van der Waals surface area contributed by atoms with Gasteiger partial charge in [-0.15, -0.1) is 0 Å². The van der Waals surface area contributed by atoms with E-state index in [2.05, 4.69) is 4.90 Å². The monoisotopic (exact) mass is 732 g/mol. The number of carbonyl (C=O) groups is 3. The van der Waals surface area contributed by atoms with Crippen molar-refractivity contribution in [2.45, 2.75) is 77.6 Å². The van der Waals surface area contributed by atoms with E-state index in [1.807, 2.05) is 20.8 Å². The summed E-state index contributed by atoms with van der Waals surface area (Å²) in [6.07, 6.45) is -1.58. The molecule has 0 aliphatic carbocycles. The van der Waals surface area contributed by atoms with Crippen molar-refractivity contribution in [3.05, 3.63) is 58.9 Å². The highest BCUT2D eigenvalue weighted by molar-refractivity contribution is 7.81. The van der Waals surface area contributed by atoms with Gasteiger partial charge in [0.2, 0.25) is 0 Å². The summed E-state index contributed by atoms with van der Waals surface area (Å²) >= 11 is 5.53. The van der Waals surface area contributed by atoms with Gasteiger partial charge in [0.25, 0.3) is 11.8 Å². The minimum absolute atomic E-state index is 0.147. The van der Waals surface area contributed by atoms with Crippen molar-refractivity contribution in [1.82, 2.24) is 14.7 Å².